The fraction of sp³-hybridized carbons (Fsp3) is 0.911. The highest BCUT2D eigenvalue weighted by molar-refractivity contribution is 5.93. The minimum atomic E-state index is -2.16. The Bertz CT molecular complexity index is 2190. The number of unbranched alkanes of at least 4 members (excludes halogenated alkanes) is 2. The van der Waals surface area contributed by atoms with Crippen molar-refractivity contribution in [1.82, 2.24) is 4.90 Å². The van der Waals surface area contributed by atoms with Crippen molar-refractivity contribution in [2.75, 3.05) is 40.6 Å². The highest BCUT2D eigenvalue weighted by Crippen LogP contribution is 2.48. The van der Waals surface area contributed by atoms with Crippen LogP contribution in [0.15, 0.2) is 5.11 Å². The number of imide groups is 1. The van der Waals surface area contributed by atoms with Crippen molar-refractivity contribution in [3.8, 4) is 0 Å². The molecule has 6 unspecified atom stereocenters. The molecule has 7 aliphatic rings. The number of carbonyl (C=O) groups excluding carboxylic acids is 5. The van der Waals surface area contributed by atoms with Gasteiger partial charge in [-0.2, -0.15) is 0 Å². The second kappa shape index (κ2) is 28.0. The van der Waals surface area contributed by atoms with E-state index in [1.807, 2.05) is 27.7 Å². The third kappa shape index (κ3) is 14.7. The summed E-state index contributed by atoms with van der Waals surface area (Å²) >= 11 is 0. The van der Waals surface area contributed by atoms with Crippen molar-refractivity contribution in [1.29, 1.82) is 0 Å². The SMILES string of the molecule is CC=O.CC[C@H]1OC(C)(C)O[C@H]1C1O[C@@](OCC2O[C@H](OCCCCCN=[N+]=[N-])C(C)[C@@H](C)[C@H]2C)(C(=O)OC)C[C@@H](O[C@H]2OC(CO[C@]3(C(=O)OC)C[C@H]4OC(=O)N(C(C)=O)[C@H]4C([C@@H]4OC(C)(C)O[C@@H]4CC)O3)[C@H](C)[C@H](C)C2C)[C@H]1N. The van der Waals surface area contributed by atoms with Gasteiger partial charge in [-0.05, 0) is 89.5 Å². The molecule has 25 heteroatoms. The third-order valence-corrected chi connectivity index (χ3v) is 17.6. The van der Waals surface area contributed by atoms with Gasteiger partial charge in [-0.25, -0.2) is 19.3 Å². The molecule has 7 aliphatic heterocycles. The predicted octanol–water partition coefficient (Wildman–Crippen LogP) is 6.61. The molecular formula is C56H93N5O20. The Balaban J connectivity index is 0.00000344. The Labute approximate surface area is 477 Å². The molecule has 462 valence electrons. The second-order valence-corrected chi connectivity index (χ2v) is 23.7. The molecule has 0 bridgehead atoms. The van der Waals surface area contributed by atoms with Crippen molar-refractivity contribution in [2.24, 2.45) is 46.4 Å². The summed E-state index contributed by atoms with van der Waals surface area (Å²) in [5.74, 6) is -8.97. The van der Waals surface area contributed by atoms with Crippen LogP contribution in [0, 0.1) is 35.5 Å². The Morgan fingerprint density at radius 3 is 1.70 bits per heavy atom. The lowest BCUT2D eigenvalue weighted by Crippen LogP contribution is -2.68. The van der Waals surface area contributed by atoms with Gasteiger partial charge in [0.25, 0.3) is 11.6 Å². The molecule has 2 amide bonds. The third-order valence-electron chi connectivity index (χ3n) is 17.6. The van der Waals surface area contributed by atoms with Crippen molar-refractivity contribution < 1.29 is 95.0 Å². The number of ether oxygens (including phenoxy) is 15. The minimum Gasteiger partial charge on any atom is -0.465 e. The fourth-order valence-electron chi connectivity index (χ4n) is 12.5. The first kappa shape index (κ1) is 66.5. The topological polar surface area (TPSA) is 302 Å². The van der Waals surface area contributed by atoms with Crippen LogP contribution in [0.1, 0.15) is 142 Å². The number of methoxy groups -OCH3 is 2. The summed E-state index contributed by atoms with van der Waals surface area (Å²) in [6.45, 7) is 26.6. The number of hydrogen-bond donors (Lipinski definition) is 1. The van der Waals surface area contributed by atoms with E-state index in [0.29, 0.717) is 26.0 Å². The summed E-state index contributed by atoms with van der Waals surface area (Å²) < 4.78 is 96.0. The van der Waals surface area contributed by atoms with E-state index in [2.05, 4.69) is 37.7 Å². The molecule has 22 atom stereocenters. The number of azide groups is 1. The molecular weight excluding hydrogens is 1060 g/mol. The number of esters is 2. The zero-order valence-corrected chi connectivity index (χ0v) is 50.4. The van der Waals surface area contributed by atoms with Crippen molar-refractivity contribution in [3.63, 3.8) is 0 Å². The molecule has 0 saturated carbocycles. The van der Waals surface area contributed by atoms with E-state index in [4.69, 9.17) is 87.1 Å². The summed E-state index contributed by atoms with van der Waals surface area (Å²) in [5.41, 5.74) is 15.9. The Kier molecular flexibility index (Phi) is 23.0. The first-order chi connectivity index (χ1) is 38.2. The molecule has 0 aromatic rings. The van der Waals surface area contributed by atoms with Crippen LogP contribution in [-0.4, -0.2) is 185 Å². The van der Waals surface area contributed by atoms with Crippen LogP contribution in [-0.2, 0) is 90.2 Å². The molecule has 7 saturated heterocycles. The molecule has 25 nitrogen and oxygen atoms in total. The maximum atomic E-state index is 14.5. The van der Waals surface area contributed by atoms with E-state index in [1.54, 1.807) is 27.7 Å². The highest BCUT2D eigenvalue weighted by Gasteiger charge is 2.66. The van der Waals surface area contributed by atoms with Gasteiger partial charge in [0.05, 0.1) is 70.4 Å². The summed E-state index contributed by atoms with van der Waals surface area (Å²) in [4.78, 5) is 67.6. The van der Waals surface area contributed by atoms with Gasteiger partial charge in [0.15, 0.2) is 24.2 Å². The van der Waals surface area contributed by atoms with Crippen LogP contribution in [0.3, 0.4) is 0 Å². The lowest BCUT2D eigenvalue weighted by atomic mass is 9.79. The first-order valence-electron chi connectivity index (χ1n) is 29.0. The highest BCUT2D eigenvalue weighted by atomic mass is 16.8. The standard InChI is InChI=1S/C54H89N5O19.C2H4O/c1-16-34-42(75-51(10,11)73-34)44-40(55)36(23-53(77-44,48(61)64-14)67-25-38-29(5)27(3)31(7)46(70-38)66-22-20-18-19-21-57-58-56)69-47-32(8)28(4)30(6)39(71-47)26-68-54(49(62)65-15)24-37-41(59(33(9)60)50(63)72-37)45(78-54)43-35(17-2)74-52(12,13)76-43;1-2-3/h27-32,34-47H,16-26,55H2,1-15H3;2H,1H3/t27-,28-,29+,30+,31?,32?,34+,35+,36+,37+,38?,39?,40+,41+,42+,43+,44?,45?,46-,47-,53+,54+;/m0./s1. The first-order valence-corrected chi connectivity index (χ1v) is 29.0. The predicted molar refractivity (Wildman–Crippen MR) is 286 cm³/mol. The molecule has 0 spiro atoms. The maximum absolute atomic E-state index is 14.5. The molecule has 0 aromatic heterocycles. The van der Waals surface area contributed by atoms with Crippen molar-refractivity contribution in [2.45, 2.75) is 251 Å². The Morgan fingerprint density at radius 1 is 0.704 bits per heavy atom. The van der Waals surface area contributed by atoms with Crippen LogP contribution in [0.2, 0.25) is 0 Å². The summed E-state index contributed by atoms with van der Waals surface area (Å²) in [6.07, 6.45) is -6.99. The number of nitrogens with two attached hydrogens (primary N) is 1. The van der Waals surface area contributed by atoms with E-state index in [9.17, 15) is 19.2 Å². The molecule has 0 radical (unpaired) electrons. The van der Waals surface area contributed by atoms with Gasteiger partial charge in [0.1, 0.15) is 42.8 Å². The van der Waals surface area contributed by atoms with E-state index in [0.717, 1.165) is 30.4 Å². The fourth-order valence-corrected chi connectivity index (χ4v) is 12.5. The average Bonchev–Trinajstić information content (AvgIpc) is 4.06. The van der Waals surface area contributed by atoms with Gasteiger partial charge in [-0.3, -0.25) is 4.79 Å². The van der Waals surface area contributed by atoms with Gasteiger partial charge in [-0.15, -0.1) is 0 Å². The zero-order chi connectivity index (χ0) is 59.9. The van der Waals surface area contributed by atoms with Gasteiger partial charge >= 0.3 is 18.0 Å². The zero-order valence-electron chi connectivity index (χ0n) is 50.4. The average molecular weight is 1160 g/mol. The van der Waals surface area contributed by atoms with Gasteiger partial charge < -0.3 is 81.6 Å². The number of amides is 2. The number of hydrogen-bond acceptors (Lipinski definition) is 22. The monoisotopic (exact) mass is 1160 g/mol. The van der Waals surface area contributed by atoms with Crippen molar-refractivity contribution in [3.05, 3.63) is 10.4 Å². The smallest absolute Gasteiger partial charge is 0.417 e. The number of fused-ring (bicyclic) bond motifs is 1. The number of carbonyl (C=O) groups is 5. The summed E-state index contributed by atoms with van der Waals surface area (Å²) in [5, 5.41) is 3.62. The van der Waals surface area contributed by atoms with Crippen LogP contribution in [0.5, 0.6) is 0 Å². The second-order valence-electron chi connectivity index (χ2n) is 23.7. The van der Waals surface area contributed by atoms with Gasteiger partial charge in [-0.1, -0.05) is 66.9 Å². The van der Waals surface area contributed by atoms with Crippen LogP contribution < -0.4 is 5.73 Å². The van der Waals surface area contributed by atoms with Crippen LogP contribution >= 0.6 is 0 Å². The van der Waals surface area contributed by atoms with E-state index < -0.39 is 133 Å². The molecule has 7 heterocycles. The molecule has 2 N–H and O–H groups in total. The van der Waals surface area contributed by atoms with Crippen molar-refractivity contribution >= 4 is 30.2 Å². The minimum absolute atomic E-state index is 0.0263. The summed E-state index contributed by atoms with van der Waals surface area (Å²) in [7, 11) is 2.46. The van der Waals surface area contributed by atoms with E-state index in [1.165, 1.54) is 28.1 Å². The van der Waals surface area contributed by atoms with Gasteiger partial charge in [0, 0.05) is 43.2 Å². The largest absolute Gasteiger partial charge is 0.465 e. The van der Waals surface area contributed by atoms with Crippen LogP contribution in [0.4, 0.5) is 4.79 Å². The quantitative estimate of drug-likeness (QED) is 0.0240. The lowest BCUT2D eigenvalue weighted by Gasteiger charge is -2.51. The summed E-state index contributed by atoms with van der Waals surface area (Å²) in [6, 6.07) is -1.91. The van der Waals surface area contributed by atoms with Gasteiger partial charge in [0.2, 0.25) is 5.91 Å². The Morgan fingerprint density at radius 2 is 1.20 bits per heavy atom. The van der Waals surface area contributed by atoms with Crippen LogP contribution in [0.25, 0.3) is 10.4 Å². The molecule has 0 aliphatic carbocycles. The maximum Gasteiger partial charge on any atom is 0.417 e. The molecule has 7 rings (SSSR count). The number of aldehydes is 1. The number of rotatable bonds is 21. The number of nitrogens with zero attached hydrogens (tertiary/aromatic N) is 4. The molecule has 0 aromatic carbocycles. The molecule has 7 fully saturated rings. The normalized spacial score (nSPS) is 41.6. The lowest BCUT2D eigenvalue weighted by molar-refractivity contribution is -0.350. The molecule has 81 heavy (non-hydrogen) atoms. The Hall–Kier alpha value is -3.66. The van der Waals surface area contributed by atoms with E-state index >= 15 is 0 Å². The van der Waals surface area contributed by atoms with E-state index in [-0.39, 0.29) is 61.6 Å².